The fourth-order valence-electron chi connectivity index (χ4n) is 1.81. The van der Waals surface area contributed by atoms with Crippen molar-refractivity contribution in [3.63, 3.8) is 0 Å². The standard InChI is InChI=1S/C14H19N3O/c1-14(2,3)11-7-5-6-8-12(11)18-9-13-15-10-16-17(13)4/h5-8,10H,9H2,1-4H3. The maximum absolute atomic E-state index is 5.87. The summed E-state index contributed by atoms with van der Waals surface area (Å²) < 4.78 is 7.59. The average molecular weight is 245 g/mol. The molecule has 0 aliphatic carbocycles. The molecule has 0 N–H and O–H groups in total. The summed E-state index contributed by atoms with van der Waals surface area (Å²) in [6, 6.07) is 8.12. The summed E-state index contributed by atoms with van der Waals surface area (Å²) in [4.78, 5) is 4.15. The Morgan fingerprint density at radius 1 is 1.22 bits per heavy atom. The molecule has 0 amide bonds. The van der Waals surface area contributed by atoms with Crippen molar-refractivity contribution in [1.82, 2.24) is 14.8 Å². The molecule has 2 aromatic rings. The van der Waals surface area contributed by atoms with Gasteiger partial charge in [0, 0.05) is 7.05 Å². The molecule has 0 saturated carbocycles. The highest BCUT2D eigenvalue weighted by Crippen LogP contribution is 2.31. The lowest BCUT2D eigenvalue weighted by atomic mass is 9.86. The van der Waals surface area contributed by atoms with E-state index in [0.717, 1.165) is 11.6 Å². The Morgan fingerprint density at radius 3 is 2.56 bits per heavy atom. The van der Waals surface area contributed by atoms with Crippen LogP contribution in [0.3, 0.4) is 0 Å². The number of benzene rings is 1. The molecule has 0 aliphatic heterocycles. The molecule has 96 valence electrons. The van der Waals surface area contributed by atoms with Crippen molar-refractivity contribution in [3.05, 3.63) is 42.0 Å². The third-order valence-corrected chi connectivity index (χ3v) is 2.86. The van der Waals surface area contributed by atoms with Gasteiger partial charge in [0.15, 0.2) is 5.82 Å². The van der Waals surface area contributed by atoms with Crippen molar-refractivity contribution in [2.24, 2.45) is 7.05 Å². The van der Waals surface area contributed by atoms with Gasteiger partial charge < -0.3 is 4.74 Å². The molecule has 0 radical (unpaired) electrons. The molecule has 0 aliphatic rings. The van der Waals surface area contributed by atoms with E-state index < -0.39 is 0 Å². The van der Waals surface area contributed by atoms with Crippen LogP contribution < -0.4 is 4.74 Å². The number of rotatable bonds is 3. The Balaban J connectivity index is 2.17. The Kier molecular flexibility index (Phi) is 3.36. The SMILES string of the molecule is Cn1ncnc1COc1ccccc1C(C)(C)C. The normalized spacial score (nSPS) is 11.6. The van der Waals surface area contributed by atoms with Gasteiger partial charge in [0.1, 0.15) is 18.7 Å². The van der Waals surface area contributed by atoms with Gasteiger partial charge in [0.25, 0.3) is 0 Å². The van der Waals surface area contributed by atoms with Crippen LogP contribution in [0, 0.1) is 0 Å². The predicted molar refractivity (Wildman–Crippen MR) is 70.5 cm³/mol. The monoisotopic (exact) mass is 245 g/mol. The van der Waals surface area contributed by atoms with E-state index in [4.69, 9.17) is 4.74 Å². The van der Waals surface area contributed by atoms with E-state index in [9.17, 15) is 0 Å². The van der Waals surface area contributed by atoms with E-state index in [1.165, 1.54) is 11.9 Å². The van der Waals surface area contributed by atoms with E-state index in [2.05, 4.69) is 36.9 Å². The lowest BCUT2D eigenvalue weighted by Gasteiger charge is -2.22. The second-order valence-corrected chi connectivity index (χ2v) is 5.33. The van der Waals surface area contributed by atoms with Gasteiger partial charge in [-0.25, -0.2) is 4.98 Å². The van der Waals surface area contributed by atoms with Crippen molar-refractivity contribution in [1.29, 1.82) is 0 Å². The topological polar surface area (TPSA) is 39.9 Å². The first-order valence-corrected chi connectivity index (χ1v) is 6.03. The summed E-state index contributed by atoms with van der Waals surface area (Å²) in [6.07, 6.45) is 1.54. The second-order valence-electron chi connectivity index (χ2n) is 5.33. The third-order valence-electron chi connectivity index (χ3n) is 2.86. The molecule has 0 spiro atoms. The highest BCUT2D eigenvalue weighted by atomic mass is 16.5. The number of aromatic nitrogens is 3. The van der Waals surface area contributed by atoms with Crippen molar-refractivity contribution >= 4 is 0 Å². The summed E-state index contributed by atoms with van der Waals surface area (Å²) in [5.74, 6) is 1.73. The van der Waals surface area contributed by atoms with Crippen molar-refractivity contribution < 1.29 is 4.74 Å². The summed E-state index contributed by atoms with van der Waals surface area (Å²) in [5, 5.41) is 4.03. The molecular weight excluding hydrogens is 226 g/mol. The van der Waals surface area contributed by atoms with E-state index in [1.807, 2.05) is 25.2 Å². The van der Waals surface area contributed by atoms with Gasteiger partial charge in [-0.1, -0.05) is 39.0 Å². The molecule has 0 atom stereocenters. The minimum Gasteiger partial charge on any atom is -0.485 e. The van der Waals surface area contributed by atoms with Gasteiger partial charge in [-0.05, 0) is 17.0 Å². The zero-order valence-electron chi connectivity index (χ0n) is 11.3. The quantitative estimate of drug-likeness (QED) is 0.834. The van der Waals surface area contributed by atoms with Crippen molar-refractivity contribution in [3.8, 4) is 5.75 Å². The number of ether oxygens (including phenoxy) is 1. The van der Waals surface area contributed by atoms with Crippen molar-refractivity contribution in [2.75, 3.05) is 0 Å². The highest BCUT2D eigenvalue weighted by Gasteiger charge is 2.18. The van der Waals surface area contributed by atoms with Gasteiger partial charge in [-0.15, -0.1) is 0 Å². The Bertz CT molecular complexity index is 526. The van der Waals surface area contributed by atoms with Crippen LogP contribution in [0.4, 0.5) is 0 Å². The molecule has 0 bridgehead atoms. The molecule has 2 rings (SSSR count). The smallest absolute Gasteiger partial charge is 0.164 e. The molecule has 1 aromatic carbocycles. The van der Waals surface area contributed by atoms with Crippen LogP contribution in [0.1, 0.15) is 32.2 Å². The Hall–Kier alpha value is -1.84. The number of hydrogen-bond acceptors (Lipinski definition) is 3. The van der Waals surface area contributed by atoms with E-state index in [0.29, 0.717) is 6.61 Å². The van der Waals surface area contributed by atoms with E-state index >= 15 is 0 Å². The molecule has 0 unspecified atom stereocenters. The zero-order chi connectivity index (χ0) is 13.2. The van der Waals surface area contributed by atoms with Crippen LogP contribution in [0.5, 0.6) is 5.75 Å². The molecule has 0 fully saturated rings. The van der Waals surface area contributed by atoms with Gasteiger partial charge in [-0.3, -0.25) is 4.68 Å². The molecule has 4 nitrogen and oxygen atoms in total. The van der Waals surface area contributed by atoms with Crippen LogP contribution >= 0.6 is 0 Å². The maximum atomic E-state index is 5.87. The number of aryl methyl sites for hydroxylation is 1. The van der Waals surface area contributed by atoms with Crippen LogP contribution in [-0.4, -0.2) is 14.8 Å². The fraction of sp³-hybridized carbons (Fsp3) is 0.429. The summed E-state index contributed by atoms with van der Waals surface area (Å²) in [6.45, 7) is 6.97. The highest BCUT2D eigenvalue weighted by molar-refractivity contribution is 5.38. The number of para-hydroxylation sites is 1. The Morgan fingerprint density at radius 2 is 1.94 bits per heavy atom. The first-order valence-electron chi connectivity index (χ1n) is 6.03. The van der Waals surface area contributed by atoms with Gasteiger partial charge in [0.2, 0.25) is 0 Å². The van der Waals surface area contributed by atoms with E-state index in [1.54, 1.807) is 4.68 Å². The third kappa shape index (κ3) is 2.70. The van der Waals surface area contributed by atoms with Gasteiger partial charge >= 0.3 is 0 Å². The predicted octanol–water partition coefficient (Wildman–Crippen LogP) is 2.69. The fourth-order valence-corrected chi connectivity index (χ4v) is 1.81. The van der Waals surface area contributed by atoms with Crippen molar-refractivity contribution in [2.45, 2.75) is 32.8 Å². The first kappa shape index (κ1) is 12.6. The second kappa shape index (κ2) is 4.80. The average Bonchev–Trinajstić information content (AvgIpc) is 2.71. The van der Waals surface area contributed by atoms with Crippen LogP contribution in [0.25, 0.3) is 0 Å². The summed E-state index contributed by atoms with van der Waals surface area (Å²) in [5.41, 5.74) is 1.27. The first-order chi connectivity index (χ1) is 8.48. The molecule has 4 heteroatoms. The molecule has 1 aromatic heterocycles. The lowest BCUT2D eigenvalue weighted by Crippen LogP contribution is -2.14. The summed E-state index contributed by atoms with van der Waals surface area (Å²) >= 11 is 0. The molecule has 1 heterocycles. The number of hydrogen-bond donors (Lipinski definition) is 0. The Labute approximate surface area is 108 Å². The van der Waals surface area contributed by atoms with Crippen LogP contribution in [0.15, 0.2) is 30.6 Å². The van der Waals surface area contributed by atoms with Gasteiger partial charge in [0.05, 0.1) is 0 Å². The molecular formula is C14H19N3O. The molecule has 18 heavy (non-hydrogen) atoms. The largest absolute Gasteiger partial charge is 0.485 e. The summed E-state index contributed by atoms with van der Waals surface area (Å²) in [7, 11) is 1.86. The van der Waals surface area contributed by atoms with Crippen LogP contribution in [-0.2, 0) is 19.1 Å². The zero-order valence-corrected chi connectivity index (χ0v) is 11.3. The van der Waals surface area contributed by atoms with Crippen LogP contribution in [0.2, 0.25) is 0 Å². The lowest BCUT2D eigenvalue weighted by molar-refractivity contribution is 0.282. The molecule has 0 saturated heterocycles. The number of nitrogens with zero attached hydrogens (tertiary/aromatic N) is 3. The minimum atomic E-state index is 0.0660. The van der Waals surface area contributed by atoms with E-state index in [-0.39, 0.29) is 5.41 Å². The maximum Gasteiger partial charge on any atom is 0.164 e. The van der Waals surface area contributed by atoms with Gasteiger partial charge in [-0.2, -0.15) is 5.10 Å². The minimum absolute atomic E-state index is 0.0660.